The Hall–Kier alpha value is -3.91. The molecule has 8 heteroatoms. The lowest BCUT2D eigenvalue weighted by Crippen LogP contribution is -2.37. The minimum absolute atomic E-state index is 0.466. The molecular weight excluding hydrogens is 554 g/mol. The van der Waals surface area contributed by atoms with E-state index < -0.39 is 17.7 Å². The molecule has 0 aliphatic rings. The number of nitrogens with zero attached hydrogens (tertiary/aromatic N) is 3. The third-order valence-electron chi connectivity index (χ3n) is 6.42. The molecule has 0 aliphatic heterocycles. The summed E-state index contributed by atoms with van der Waals surface area (Å²) in [6.07, 6.45) is 2.65. The lowest BCUT2D eigenvalue weighted by atomic mass is 10.0. The van der Waals surface area contributed by atoms with E-state index in [9.17, 15) is 4.79 Å². The number of amides is 1. The number of carbonyl (C=O) groups is 1. The van der Waals surface area contributed by atoms with E-state index in [0.29, 0.717) is 25.2 Å². The van der Waals surface area contributed by atoms with Gasteiger partial charge in [-0.2, -0.15) is 0 Å². The zero-order valence-electron chi connectivity index (χ0n) is 22.3. The number of aromatic nitrogens is 4. The van der Waals surface area contributed by atoms with Gasteiger partial charge >= 0.3 is 6.09 Å². The largest absolute Gasteiger partial charge is 0.444 e. The van der Waals surface area contributed by atoms with Gasteiger partial charge in [-0.3, -0.25) is 0 Å². The molecule has 0 fully saturated rings. The summed E-state index contributed by atoms with van der Waals surface area (Å²) in [7, 11) is 0. The van der Waals surface area contributed by atoms with E-state index in [2.05, 4.69) is 71.3 Å². The number of carbonyl (C=O) groups excluding carboxylic acids is 1. The molecule has 1 amide bonds. The average Bonchev–Trinajstić information content (AvgIpc) is 3.48. The van der Waals surface area contributed by atoms with Crippen LogP contribution in [0.3, 0.4) is 0 Å². The number of fused-ring (bicyclic) bond motifs is 1. The molecule has 1 atom stereocenters. The fourth-order valence-corrected chi connectivity index (χ4v) is 4.90. The molecule has 5 rings (SSSR count). The topological polar surface area (TPSA) is 84.8 Å². The highest BCUT2D eigenvalue weighted by atomic mass is 79.9. The second kappa shape index (κ2) is 11.5. The number of rotatable bonds is 8. The maximum atomic E-state index is 13.0. The number of nitrogens with one attached hydrogen (secondary N) is 2. The first-order valence-electron chi connectivity index (χ1n) is 13.0. The van der Waals surface area contributed by atoms with Crippen LogP contribution in [0.25, 0.3) is 10.9 Å². The lowest BCUT2D eigenvalue weighted by molar-refractivity contribution is 0.0500. The van der Waals surface area contributed by atoms with Gasteiger partial charge in [0.15, 0.2) is 5.82 Å². The number of para-hydroxylation sites is 1. The van der Waals surface area contributed by atoms with E-state index in [-0.39, 0.29) is 0 Å². The fourth-order valence-electron chi connectivity index (χ4n) is 4.64. The summed E-state index contributed by atoms with van der Waals surface area (Å²) in [6, 6.07) is 26.1. The SMILES string of the molecule is CC(C)(C)OC(=O)N[C@H](Cc1c[nH]c2ccccc12)c1nnc(Cc2ccccc2)n1Cc1ccc(Br)cc1. The van der Waals surface area contributed by atoms with Crippen molar-refractivity contribution in [3.8, 4) is 0 Å². The first-order chi connectivity index (χ1) is 18.7. The molecule has 2 N–H and O–H groups in total. The first-order valence-corrected chi connectivity index (χ1v) is 13.8. The summed E-state index contributed by atoms with van der Waals surface area (Å²) in [6.45, 7) is 6.14. The third-order valence-corrected chi connectivity index (χ3v) is 6.95. The van der Waals surface area contributed by atoms with Crippen molar-refractivity contribution in [2.75, 3.05) is 0 Å². The van der Waals surface area contributed by atoms with Crippen LogP contribution in [0.1, 0.15) is 55.2 Å². The van der Waals surface area contributed by atoms with Crippen LogP contribution in [0.5, 0.6) is 0 Å². The van der Waals surface area contributed by atoms with Crippen LogP contribution in [0.15, 0.2) is 89.5 Å². The fraction of sp³-hybridized carbons (Fsp3) is 0.258. The van der Waals surface area contributed by atoms with Crippen molar-refractivity contribution in [1.29, 1.82) is 0 Å². The van der Waals surface area contributed by atoms with Crippen LogP contribution in [0.2, 0.25) is 0 Å². The van der Waals surface area contributed by atoms with E-state index in [1.165, 1.54) is 0 Å². The number of benzene rings is 3. The Morgan fingerprint density at radius 1 is 0.974 bits per heavy atom. The molecule has 0 bridgehead atoms. The number of alkyl carbamates (subject to hydrolysis) is 1. The van der Waals surface area contributed by atoms with Crippen molar-refractivity contribution in [1.82, 2.24) is 25.1 Å². The van der Waals surface area contributed by atoms with Gasteiger partial charge in [0.1, 0.15) is 11.4 Å². The van der Waals surface area contributed by atoms with E-state index in [0.717, 1.165) is 37.9 Å². The molecule has 2 aromatic heterocycles. The number of halogens is 1. The van der Waals surface area contributed by atoms with Crippen molar-refractivity contribution >= 4 is 32.9 Å². The molecule has 0 saturated heterocycles. The van der Waals surface area contributed by atoms with Crippen molar-refractivity contribution in [3.63, 3.8) is 0 Å². The van der Waals surface area contributed by atoms with Gasteiger partial charge in [-0.15, -0.1) is 10.2 Å². The Labute approximate surface area is 236 Å². The highest BCUT2D eigenvalue weighted by Gasteiger charge is 2.27. The van der Waals surface area contributed by atoms with Gasteiger partial charge in [0.25, 0.3) is 0 Å². The minimum atomic E-state index is -0.626. The first kappa shape index (κ1) is 26.7. The van der Waals surface area contributed by atoms with Crippen molar-refractivity contribution in [3.05, 3.63) is 118 Å². The van der Waals surface area contributed by atoms with Gasteiger partial charge in [-0.1, -0.05) is 76.6 Å². The van der Waals surface area contributed by atoms with Crippen LogP contribution < -0.4 is 5.32 Å². The van der Waals surface area contributed by atoms with Crippen molar-refractivity contribution < 1.29 is 9.53 Å². The van der Waals surface area contributed by atoms with Gasteiger partial charge in [-0.25, -0.2) is 4.79 Å². The molecule has 0 radical (unpaired) electrons. The van der Waals surface area contributed by atoms with Crippen LogP contribution in [-0.2, 0) is 24.1 Å². The number of ether oxygens (including phenoxy) is 1. The predicted octanol–water partition coefficient (Wildman–Crippen LogP) is 6.97. The molecule has 3 aromatic carbocycles. The highest BCUT2D eigenvalue weighted by Crippen LogP contribution is 2.26. The second-order valence-corrected chi connectivity index (χ2v) is 11.5. The molecule has 0 unspecified atom stereocenters. The summed E-state index contributed by atoms with van der Waals surface area (Å²) in [5.74, 6) is 1.51. The maximum Gasteiger partial charge on any atom is 0.408 e. The molecule has 39 heavy (non-hydrogen) atoms. The molecule has 200 valence electrons. The van der Waals surface area contributed by atoms with E-state index in [1.807, 2.05) is 75.5 Å². The Kier molecular flexibility index (Phi) is 7.84. The maximum absolute atomic E-state index is 13.0. The second-order valence-electron chi connectivity index (χ2n) is 10.6. The van der Waals surface area contributed by atoms with Gasteiger partial charge in [-0.05, 0) is 55.7 Å². The van der Waals surface area contributed by atoms with E-state index in [4.69, 9.17) is 4.74 Å². The van der Waals surface area contributed by atoms with Crippen LogP contribution in [-0.4, -0.2) is 31.4 Å². The molecule has 0 saturated carbocycles. The minimum Gasteiger partial charge on any atom is -0.444 e. The van der Waals surface area contributed by atoms with Crippen molar-refractivity contribution in [2.45, 2.75) is 51.8 Å². The van der Waals surface area contributed by atoms with Crippen LogP contribution >= 0.6 is 15.9 Å². The van der Waals surface area contributed by atoms with Gasteiger partial charge in [0.05, 0.1) is 12.6 Å². The van der Waals surface area contributed by atoms with Crippen molar-refractivity contribution in [2.24, 2.45) is 0 Å². The van der Waals surface area contributed by atoms with E-state index in [1.54, 1.807) is 0 Å². The van der Waals surface area contributed by atoms with Gasteiger partial charge < -0.3 is 19.6 Å². The summed E-state index contributed by atoms with van der Waals surface area (Å²) in [5, 5.41) is 13.5. The molecular formula is C31H32BrN5O2. The molecule has 0 aliphatic carbocycles. The molecule has 2 heterocycles. The Balaban J connectivity index is 1.55. The van der Waals surface area contributed by atoms with Gasteiger partial charge in [0.2, 0.25) is 0 Å². The number of hydrogen-bond acceptors (Lipinski definition) is 4. The molecule has 5 aromatic rings. The zero-order valence-corrected chi connectivity index (χ0v) is 23.9. The molecule has 7 nitrogen and oxygen atoms in total. The van der Waals surface area contributed by atoms with Gasteiger partial charge in [0, 0.05) is 34.4 Å². The Bertz CT molecular complexity index is 1550. The normalized spacial score (nSPS) is 12.4. The zero-order chi connectivity index (χ0) is 27.4. The number of H-pyrrole nitrogens is 1. The standard InChI is InChI=1S/C31H32BrN5O2/c1-31(2,3)39-30(38)34-27(18-23-19-33-26-12-8-7-11-25(23)26)29-36-35-28(17-21-9-5-4-6-10-21)37(29)20-22-13-15-24(32)16-14-22/h4-16,19,27,33H,17-18,20H2,1-3H3,(H,34,38)/t27-/m1/s1. The Morgan fingerprint density at radius 3 is 2.44 bits per heavy atom. The monoisotopic (exact) mass is 585 g/mol. The van der Waals surface area contributed by atoms with E-state index >= 15 is 0 Å². The summed E-state index contributed by atoms with van der Waals surface area (Å²) >= 11 is 3.53. The smallest absolute Gasteiger partial charge is 0.408 e. The number of aromatic amines is 1. The summed E-state index contributed by atoms with van der Waals surface area (Å²) < 4.78 is 8.78. The van der Waals surface area contributed by atoms with Crippen LogP contribution in [0, 0.1) is 0 Å². The highest BCUT2D eigenvalue weighted by molar-refractivity contribution is 9.10. The lowest BCUT2D eigenvalue weighted by Gasteiger charge is -2.24. The average molecular weight is 587 g/mol. The number of hydrogen-bond donors (Lipinski definition) is 2. The quantitative estimate of drug-likeness (QED) is 0.206. The Morgan fingerprint density at radius 2 is 1.69 bits per heavy atom. The molecule has 0 spiro atoms. The third kappa shape index (κ3) is 6.75. The van der Waals surface area contributed by atoms with Crippen LogP contribution in [0.4, 0.5) is 4.79 Å². The summed E-state index contributed by atoms with van der Waals surface area (Å²) in [5.41, 5.74) is 3.75. The summed E-state index contributed by atoms with van der Waals surface area (Å²) in [4.78, 5) is 16.4. The predicted molar refractivity (Wildman–Crippen MR) is 157 cm³/mol.